The maximum absolute atomic E-state index is 12.4. The van der Waals surface area contributed by atoms with Crippen LogP contribution in [0.5, 0.6) is 0 Å². The largest absolute Gasteiger partial charge is 0.748 e. The van der Waals surface area contributed by atoms with Crippen LogP contribution in [-0.2, 0) is 35.3 Å². The highest BCUT2D eigenvalue weighted by atomic mass is 32.2. The molecular weight excluding hydrogens is 653 g/mol. The number of allylic oxidation sites excluding steroid dienone is 4. The Morgan fingerprint density at radius 3 is 2.24 bits per heavy atom. The molecule has 3 amide bonds. The van der Waals surface area contributed by atoms with Crippen molar-refractivity contribution >= 4 is 44.9 Å². The van der Waals surface area contributed by atoms with Crippen molar-refractivity contribution in [2.24, 2.45) is 0 Å². The van der Waals surface area contributed by atoms with Crippen LogP contribution in [0.15, 0.2) is 84.6 Å². The highest BCUT2D eigenvalue weighted by Gasteiger charge is 2.44. The number of carbonyl (C=O) groups excluding carboxylic acids is 3. The van der Waals surface area contributed by atoms with Crippen molar-refractivity contribution in [1.29, 1.82) is 0 Å². The summed E-state index contributed by atoms with van der Waals surface area (Å²) in [5, 5.41) is 2.81. The second-order valence-electron chi connectivity index (χ2n) is 14.2. The van der Waals surface area contributed by atoms with Crippen LogP contribution in [0.2, 0.25) is 0 Å². The molecule has 0 atom stereocenters. The molecule has 0 fully saturated rings. The maximum Gasteiger partial charge on any atom is 0.253 e. The molecular formula is C39H48N4O6S. The van der Waals surface area contributed by atoms with Crippen molar-refractivity contribution < 1.29 is 31.9 Å². The smallest absolute Gasteiger partial charge is 0.253 e. The number of amides is 3. The summed E-state index contributed by atoms with van der Waals surface area (Å²) >= 11 is 0. The molecule has 1 N–H and O–H groups in total. The molecule has 2 aromatic rings. The zero-order valence-electron chi connectivity index (χ0n) is 29.5. The van der Waals surface area contributed by atoms with Gasteiger partial charge in [0.2, 0.25) is 11.6 Å². The Labute approximate surface area is 296 Å². The number of fused-ring (bicyclic) bond motifs is 2. The Morgan fingerprint density at radius 1 is 0.840 bits per heavy atom. The third-order valence-corrected chi connectivity index (χ3v) is 10.8. The van der Waals surface area contributed by atoms with Gasteiger partial charge >= 0.3 is 0 Å². The zero-order valence-corrected chi connectivity index (χ0v) is 30.3. The molecule has 3 aliphatic heterocycles. The fourth-order valence-corrected chi connectivity index (χ4v) is 7.88. The summed E-state index contributed by atoms with van der Waals surface area (Å²) in [6.45, 7) is 10.7. The first-order chi connectivity index (χ1) is 23.7. The number of nitrogens with zero attached hydrogens (tertiary/aromatic N) is 3. The molecule has 3 heterocycles. The highest BCUT2D eigenvalue weighted by Crippen LogP contribution is 2.48. The molecule has 0 saturated carbocycles. The van der Waals surface area contributed by atoms with Gasteiger partial charge in [-0.05, 0) is 57.2 Å². The molecule has 10 nitrogen and oxygen atoms in total. The average Bonchev–Trinajstić information content (AvgIpc) is 3.58. The fraction of sp³-hybridized carbons (Fsp3) is 0.436. The number of imide groups is 1. The Hall–Kier alpha value is -4.35. The number of anilines is 1. The normalized spacial score (nSPS) is 18.5. The molecule has 266 valence electrons. The number of para-hydroxylation sites is 2. The molecule has 0 saturated heterocycles. The van der Waals surface area contributed by atoms with Gasteiger partial charge in [0.05, 0.1) is 15.5 Å². The zero-order chi connectivity index (χ0) is 36.1. The molecule has 0 bridgehead atoms. The van der Waals surface area contributed by atoms with Crippen molar-refractivity contribution in [3.05, 3.63) is 95.7 Å². The van der Waals surface area contributed by atoms with Gasteiger partial charge in [-0.2, -0.15) is 4.58 Å². The fourth-order valence-electron chi connectivity index (χ4n) is 7.32. The number of carbonyl (C=O) groups is 3. The van der Waals surface area contributed by atoms with Crippen LogP contribution in [0, 0.1) is 0 Å². The van der Waals surface area contributed by atoms with E-state index in [9.17, 15) is 27.4 Å². The number of hydrogen-bond acceptors (Lipinski definition) is 7. The van der Waals surface area contributed by atoms with Gasteiger partial charge in [-0.3, -0.25) is 19.3 Å². The predicted octanol–water partition coefficient (Wildman–Crippen LogP) is 5.23. The summed E-state index contributed by atoms with van der Waals surface area (Å²) in [6, 6.07) is 16.8. The standard InChI is InChI=1S/C39H48N4O6S/c1-38(2)29-15-7-9-17-31(29)41(25-11-5-6-21-35(44)40-24-27-43-36(45)22-23-37(43)46)33(38)19-14-20-34-39(3,4)30-16-8-10-18-32(30)42(34)26-12-13-28-50(47,48)49/h7-10,14-20,22-23H,5-6,11-13,21,24-28H2,1-4H3,(H-,40,44,47,48,49). The van der Waals surface area contributed by atoms with Gasteiger partial charge in [0.25, 0.3) is 11.8 Å². The lowest BCUT2D eigenvalue weighted by atomic mass is 9.81. The van der Waals surface area contributed by atoms with Gasteiger partial charge in [0.15, 0.2) is 5.71 Å². The van der Waals surface area contributed by atoms with E-state index < -0.39 is 10.1 Å². The molecule has 0 unspecified atom stereocenters. The summed E-state index contributed by atoms with van der Waals surface area (Å²) in [5.41, 5.74) is 6.58. The van der Waals surface area contributed by atoms with Crippen LogP contribution >= 0.6 is 0 Å². The third kappa shape index (κ3) is 8.16. The van der Waals surface area contributed by atoms with Gasteiger partial charge < -0.3 is 14.8 Å². The number of hydrogen-bond donors (Lipinski definition) is 1. The van der Waals surface area contributed by atoms with Crippen molar-refractivity contribution in [2.75, 3.05) is 36.8 Å². The number of unbranched alkanes of at least 4 members (excludes halogenated alkanes) is 3. The summed E-state index contributed by atoms with van der Waals surface area (Å²) < 4.78 is 36.0. The second kappa shape index (κ2) is 15.3. The van der Waals surface area contributed by atoms with E-state index in [1.807, 2.05) is 12.1 Å². The van der Waals surface area contributed by atoms with E-state index in [-0.39, 0.29) is 47.4 Å². The van der Waals surface area contributed by atoms with Crippen LogP contribution < -0.4 is 10.2 Å². The number of rotatable bonds is 16. The second-order valence-corrected chi connectivity index (χ2v) is 15.7. The average molecular weight is 701 g/mol. The van der Waals surface area contributed by atoms with Gasteiger partial charge in [0, 0.05) is 84.9 Å². The lowest BCUT2D eigenvalue weighted by molar-refractivity contribution is -0.438. The van der Waals surface area contributed by atoms with Gasteiger partial charge in [-0.25, -0.2) is 8.42 Å². The Balaban J connectivity index is 1.26. The first-order valence-electron chi connectivity index (χ1n) is 17.5. The Bertz CT molecular complexity index is 1850. The van der Waals surface area contributed by atoms with E-state index in [0.717, 1.165) is 42.1 Å². The first kappa shape index (κ1) is 36.9. The molecule has 2 aromatic carbocycles. The van der Waals surface area contributed by atoms with Crippen molar-refractivity contribution in [2.45, 2.75) is 77.0 Å². The Morgan fingerprint density at radius 2 is 1.52 bits per heavy atom. The molecule has 0 radical (unpaired) electrons. The molecule has 0 aromatic heterocycles. The van der Waals surface area contributed by atoms with E-state index in [1.165, 1.54) is 34.7 Å². The molecule has 0 aliphatic carbocycles. The van der Waals surface area contributed by atoms with Crippen molar-refractivity contribution in [3.8, 4) is 0 Å². The van der Waals surface area contributed by atoms with E-state index in [1.54, 1.807) is 0 Å². The van der Waals surface area contributed by atoms with E-state index in [2.05, 4.69) is 97.1 Å². The quantitative estimate of drug-likeness (QED) is 0.110. The lowest BCUT2D eigenvalue weighted by Crippen LogP contribution is -2.38. The third-order valence-electron chi connectivity index (χ3n) is 9.98. The summed E-state index contributed by atoms with van der Waals surface area (Å²) in [6.07, 6.45) is 12.8. The van der Waals surface area contributed by atoms with Crippen molar-refractivity contribution in [3.63, 3.8) is 0 Å². The molecule has 0 spiro atoms. The van der Waals surface area contributed by atoms with Gasteiger partial charge in [-0.15, -0.1) is 0 Å². The van der Waals surface area contributed by atoms with E-state index >= 15 is 0 Å². The topological polar surface area (TPSA) is 130 Å². The van der Waals surface area contributed by atoms with Crippen LogP contribution in [0.1, 0.15) is 77.3 Å². The van der Waals surface area contributed by atoms with Crippen LogP contribution in [0.25, 0.3) is 0 Å². The lowest BCUT2D eigenvalue weighted by Gasteiger charge is -2.27. The SMILES string of the molecule is CC1(C)C(/C=C/C=C2/N(CCCCS(=O)(=O)[O-])c3ccccc3C2(C)C)=[N+](CCCCCC(=O)NCCN2C(=O)C=CC2=O)c2ccccc21. The summed E-state index contributed by atoms with van der Waals surface area (Å²) in [5.74, 6) is -1.14. The van der Waals surface area contributed by atoms with Gasteiger partial charge in [-0.1, -0.05) is 56.3 Å². The highest BCUT2D eigenvalue weighted by molar-refractivity contribution is 7.85. The van der Waals surface area contributed by atoms with Crippen LogP contribution in [-0.4, -0.2) is 77.8 Å². The minimum atomic E-state index is -4.24. The molecule has 3 aliphatic rings. The minimum Gasteiger partial charge on any atom is -0.748 e. The molecule has 5 rings (SSSR count). The minimum absolute atomic E-state index is 0.0885. The molecule has 11 heteroatoms. The molecule has 50 heavy (non-hydrogen) atoms. The van der Waals surface area contributed by atoms with Gasteiger partial charge in [0.1, 0.15) is 6.54 Å². The Kier molecular flexibility index (Phi) is 11.3. The monoisotopic (exact) mass is 700 g/mol. The summed E-state index contributed by atoms with van der Waals surface area (Å²) in [7, 11) is -4.24. The van der Waals surface area contributed by atoms with Crippen LogP contribution in [0.3, 0.4) is 0 Å². The predicted molar refractivity (Wildman–Crippen MR) is 194 cm³/mol. The van der Waals surface area contributed by atoms with E-state index in [4.69, 9.17) is 0 Å². The summed E-state index contributed by atoms with van der Waals surface area (Å²) in [4.78, 5) is 39.2. The van der Waals surface area contributed by atoms with Crippen molar-refractivity contribution in [1.82, 2.24) is 10.2 Å². The number of benzene rings is 2. The van der Waals surface area contributed by atoms with Crippen LogP contribution in [0.4, 0.5) is 11.4 Å². The van der Waals surface area contributed by atoms with E-state index in [0.29, 0.717) is 25.8 Å². The maximum atomic E-state index is 12.4. The first-order valence-corrected chi connectivity index (χ1v) is 19.0. The number of nitrogens with one attached hydrogen (secondary N) is 1.